The van der Waals surface area contributed by atoms with Crippen LogP contribution in [0.4, 0.5) is 5.69 Å². The van der Waals surface area contributed by atoms with Crippen molar-refractivity contribution < 1.29 is 9.53 Å². The van der Waals surface area contributed by atoms with Crippen LogP contribution in [0.2, 0.25) is 0 Å². The van der Waals surface area contributed by atoms with Gasteiger partial charge in [-0.25, -0.2) is 0 Å². The SMILES string of the molecule is C[C@H]1OCCN[C@@H]1C(=O)Nc1ccc2[nH]ccc2c1.Cl. The van der Waals surface area contributed by atoms with Crippen molar-refractivity contribution in [1.82, 2.24) is 10.3 Å². The number of carbonyl (C=O) groups is 1. The van der Waals surface area contributed by atoms with E-state index in [4.69, 9.17) is 4.74 Å². The molecule has 1 aliphatic rings. The van der Waals surface area contributed by atoms with Crippen molar-refractivity contribution in [3.63, 3.8) is 0 Å². The zero-order chi connectivity index (χ0) is 13.2. The number of fused-ring (bicyclic) bond motifs is 1. The molecule has 3 N–H and O–H groups in total. The lowest BCUT2D eigenvalue weighted by Crippen LogP contribution is -2.53. The Labute approximate surface area is 123 Å². The number of hydrogen-bond donors (Lipinski definition) is 3. The Kier molecular flexibility index (Phi) is 4.65. The fraction of sp³-hybridized carbons (Fsp3) is 0.357. The highest BCUT2D eigenvalue weighted by atomic mass is 35.5. The Morgan fingerprint density at radius 3 is 3.05 bits per heavy atom. The molecule has 6 heteroatoms. The number of aromatic amines is 1. The first-order valence-electron chi connectivity index (χ1n) is 6.47. The normalized spacial score (nSPS) is 22.2. The van der Waals surface area contributed by atoms with Crippen molar-refractivity contribution in [3.8, 4) is 0 Å². The highest BCUT2D eigenvalue weighted by Crippen LogP contribution is 2.18. The molecule has 2 aromatic rings. The third-order valence-electron chi connectivity index (χ3n) is 3.42. The average Bonchev–Trinajstić information content (AvgIpc) is 2.86. The number of aromatic nitrogens is 1. The second kappa shape index (κ2) is 6.26. The van der Waals surface area contributed by atoms with Crippen molar-refractivity contribution in [3.05, 3.63) is 30.5 Å². The van der Waals surface area contributed by atoms with Crippen LogP contribution in [0.15, 0.2) is 30.5 Å². The lowest BCUT2D eigenvalue weighted by molar-refractivity contribution is -0.123. The molecule has 2 atom stereocenters. The Morgan fingerprint density at radius 2 is 2.25 bits per heavy atom. The number of benzene rings is 1. The quantitative estimate of drug-likeness (QED) is 0.793. The minimum Gasteiger partial charge on any atom is -0.375 e. The van der Waals surface area contributed by atoms with Crippen LogP contribution in [-0.4, -0.2) is 36.2 Å². The molecular formula is C14H18ClN3O2. The van der Waals surface area contributed by atoms with E-state index in [1.54, 1.807) is 0 Å². The van der Waals surface area contributed by atoms with Crippen LogP contribution in [0, 0.1) is 0 Å². The van der Waals surface area contributed by atoms with E-state index in [-0.39, 0.29) is 30.5 Å². The minimum atomic E-state index is -0.296. The molecule has 0 radical (unpaired) electrons. The number of morpholine rings is 1. The number of nitrogens with one attached hydrogen (secondary N) is 3. The van der Waals surface area contributed by atoms with Gasteiger partial charge in [-0.15, -0.1) is 12.4 Å². The molecule has 5 nitrogen and oxygen atoms in total. The average molecular weight is 296 g/mol. The number of hydrogen-bond acceptors (Lipinski definition) is 3. The van der Waals surface area contributed by atoms with Gasteiger partial charge in [0.15, 0.2) is 0 Å². The summed E-state index contributed by atoms with van der Waals surface area (Å²) in [4.78, 5) is 15.3. The number of anilines is 1. The van der Waals surface area contributed by atoms with Crippen molar-refractivity contribution in [1.29, 1.82) is 0 Å². The first kappa shape index (κ1) is 14.8. The number of halogens is 1. The number of ether oxygens (including phenoxy) is 1. The third kappa shape index (κ3) is 2.95. The zero-order valence-electron chi connectivity index (χ0n) is 11.2. The molecule has 0 saturated carbocycles. The van der Waals surface area contributed by atoms with Gasteiger partial charge >= 0.3 is 0 Å². The third-order valence-corrected chi connectivity index (χ3v) is 3.42. The predicted octanol–water partition coefficient (Wildman–Crippen LogP) is 1.91. The Hall–Kier alpha value is -1.56. The van der Waals surface area contributed by atoms with E-state index in [0.717, 1.165) is 16.6 Å². The summed E-state index contributed by atoms with van der Waals surface area (Å²) in [5, 5.41) is 7.19. The maximum Gasteiger partial charge on any atom is 0.244 e. The van der Waals surface area contributed by atoms with Crippen LogP contribution in [0.3, 0.4) is 0 Å². The second-order valence-corrected chi connectivity index (χ2v) is 4.78. The first-order chi connectivity index (χ1) is 9.24. The molecular weight excluding hydrogens is 278 g/mol. The molecule has 1 amide bonds. The molecule has 1 aromatic carbocycles. The summed E-state index contributed by atoms with van der Waals surface area (Å²) >= 11 is 0. The molecule has 0 spiro atoms. The van der Waals surface area contributed by atoms with Gasteiger partial charge in [0.25, 0.3) is 0 Å². The van der Waals surface area contributed by atoms with E-state index >= 15 is 0 Å². The second-order valence-electron chi connectivity index (χ2n) is 4.78. The van der Waals surface area contributed by atoms with E-state index in [9.17, 15) is 4.79 Å². The molecule has 0 unspecified atom stereocenters. The summed E-state index contributed by atoms with van der Waals surface area (Å²) in [5.74, 6) is -0.0536. The monoisotopic (exact) mass is 295 g/mol. The van der Waals surface area contributed by atoms with Gasteiger partial charge in [-0.2, -0.15) is 0 Å². The molecule has 1 saturated heterocycles. The van der Waals surface area contributed by atoms with Crippen LogP contribution in [0.1, 0.15) is 6.92 Å². The molecule has 0 bridgehead atoms. The molecule has 0 aliphatic carbocycles. The van der Waals surface area contributed by atoms with Crippen LogP contribution < -0.4 is 10.6 Å². The maximum absolute atomic E-state index is 12.2. The summed E-state index contributed by atoms with van der Waals surface area (Å²) in [5.41, 5.74) is 1.86. The molecule has 20 heavy (non-hydrogen) atoms. The molecule has 3 rings (SSSR count). The van der Waals surface area contributed by atoms with Gasteiger partial charge in [0.2, 0.25) is 5.91 Å². The van der Waals surface area contributed by atoms with E-state index in [1.807, 2.05) is 37.4 Å². The predicted molar refractivity (Wildman–Crippen MR) is 81.4 cm³/mol. The number of amides is 1. The molecule has 1 fully saturated rings. The van der Waals surface area contributed by atoms with E-state index in [2.05, 4.69) is 15.6 Å². The maximum atomic E-state index is 12.2. The van der Waals surface area contributed by atoms with Crippen molar-refractivity contribution in [2.45, 2.75) is 19.1 Å². The van der Waals surface area contributed by atoms with Crippen LogP contribution in [0.25, 0.3) is 10.9 Å². The zero-order valence-corrected chi connectivity index (χ0v) is 12.0. The van der Waals surface area contributed by atoms with Gasteiger partial charge in [0, 0.05) is 29.3 Å². The Bertz CT molecular complexity index is 599. The van der Waals surface area contributed by atoms with E-state index in [0.29, 0.717) is 13.2 Å². The smallest absolute Gasteiger partial charge is 0.244 e. The largest absolute Gasteiger partial charge is 0.375 e. The topological polar surface area (TPSA) is 66.2 Å². The van der Waals surface area contributed by atoms with Crippen LogP contribution >= 0.6 is 12.4 Å². The Morgan fingerprint density at radius 1 is 1.40 bits per heavy atom. The van der Waals surface area contributed by atoms with E-state index in [1.165, 1.54) is 0 Å². The fourth-order valence-corrected chi connectivity index (χ4v) is 2.38. The van der Waals surface area contributed by atoms with Crippen molar-refractivity contribution in [2.75, 3.05) is 18.5 Å². The van der Waals surface area contributed by atoms with Crippen LogP contribution in [-0.2, 0) is 9.53 Å². The lowest BCUT2D eigenvalue weighted by Gasteiger charge is -2.29. The number of carbonyl (C=O) groups excluding carboxylic acids is 1. The van der Waals surface area contributed by atoms with Crippen molar-refractivity contribution in [2.24, 2.45) is 0 Å². The number of rotatable bonds is 2. The Balaban J connectivity index is 0.00000147. The van der Waals surface area contributed by atoms with Gasteiger partial charge in [0.05, 0.1) is 12.7 Å². The fourth-order valence-electron chi connectivity index (χ4n) is 2.38. The molecule has 2 heterocycles. The van der Waals surface area contributed by atoms with Crippen LogP contribution in [0.5, 0.6) is 0 Å². The number of H-pyrrole nitrogens is 1. The van der Waals surface area contributed by atoms with E-state index < -0.39 is 0 Å². The molecule has 1 aliphatic heterocycles. The first-order valence-corrected chi connectivity index (χ1v) is 6.47. The van der Waals surface area contributed by atoms with Gasteiger partial charge in [0.1, 0.15) is 6.04 Å². The standard InChI is InChI=1S/C14H17N3O2.ClH/c1-9-13(16-6-7-19-9)14(18)17-11-2-3-12-10(8-11)4-5-15-12;/h2-5,8-9,13,15-16H,6-7H2,1H3,(H,17,18);1H/t9-,13+;/m1./s1. The van der Waals surface area contributed by atoms with Gasteiger partial charge in [-0.05, 0) is 31.2 Å². The van der Waals surface area contributed by atoms with Gasteiger partial charge in [-0.3, -0.25) is 4.79 Å². The highest BCUT2D eigenvalue weighted by Gasteiger charge is 2.28. The highest BCUT2D eigenvalue weighted by molar-refractivity contribution is 5.97. The van der Waals surface area contributed by atoms with Gasteiger partial charge in [-0.1, -0.05) is 0 Å². The molecule has 1 aromatic heterocycles. The van der Waals surface area contributed by atoms with Gasteiger partial charge < -0.3 is 20.4 Å². The summed E-state index contributed by atoms with van der Waals surface area (Å²) in [6.45, 7) is 3.27. The lowest BCUT2D eigenvalue weighted by atomic mass is 10.1. The van der Waals surface area contributed by atoms with Crippen molar-refractivity contribution >= 4 is 34.9 Å². The molecule has 108 valence electrons. The summed E-state index contributed by atoms with van der Waals surface area (Å²) in [6, 6.07) is 7.49. The summed E-state index contributed by atoms with van der Waals surface area (Å²) in [6.07, 6.45) is 1.78. The summed E-state index contributed by atoms with van der Waals surface area (Å²) < 4.78 is 5.48. The minimum absolute atomic E-state index is 0. The summed E-state index contributed by atoms with van der Waals surface area (Å²) in [7, 11) is 0.